The molecule has 2 fully saturated rings. The van der Waals surface area contributed by atoms with Gasteiger partial charge in [0.2, 0.25) is 0 Å². The summed E-state index contributed by atoms with van der Waals surface area (Å²) in [6.45, 7) is 12.1. The molecule has 0 bridgehead atoms. The maximum atomic E-state index is 12.6. The van der Waals surface area contributed by atoms with Crippen LogP contribution < -0.4 is 4.46 Å². The minimum absolute atomic E-state index is 0.106. The monoisotopic (exact) mass is 459 g/mol. The van der Waals surface area contributed by atoms with E-state index < -0.39 is 8.32 Å². The fraction of sp³-hybridized carbons (Fsp3) is 0.650. The van der Waals surface area contributed by atoms with Gasteiger partial charge < -0.3 is 0 Å². The van der Waals surface area contributed by atoms with E-state index in [0.29, 0.717) is 26.3 Å². The van der Waals surface area contributed by atoms with Gasteiger partial charge in [0.05, 0.1) is 0 Å². The molecule has 1 aromatic carbocycles. The number of benzene rings is 1. The second-order valence-electron chi connectivity index (χ2n) is 8.97. The molecule has 144 valence electrons. The van der Waals surface area contributed by atoms with E-state index in [1.807, 2.05) is 4.90 Å². The summed E-state index contributed by atoms with van der Waals surface area (Å²) in [5.74, 6) is 0.106. The second kappa shape index (κ2) is 7.60. The summed E-state index contributed by atoms with van der Waals surface area (Å²) >= 11 is 6.66. The summed E-state index contributed by atoms with van der Waals surface area (Å²) in [6.07, 6.45) is 1.96. The number of rotatable bonds is 4. The van der Waals surface area contributed by atoms with Crippen LogP contribution in [0.3, 0.4) is 0 Å². The number of amides is 1. The SMILES string of the molecule is CC(C)(C)[Si](C)(C)O[C@@H]1C[C@@H]([Se]c2ccccc2)[C@@H]2C[C@@H](Cl)C(=O)N2C1. The molecular weight excluding hydrogens is 429 g/mol. The molecule has 0 spiro atoms. The molecule has 1 amide bonds. The number of nitrogens with zero attached hydrogens (tertiary/aromatic N) is 1. The summed E-state index contributed by atoms with van der Waals surface area (Å²) < 4.78 is 8.11. The standard InChI is InChI=1S/C20H30ClNO2SeSi/c1-20(2,3)26(4,5)24-14-11-18(25-15-9-7-6-8-10-15)17-12-16(21)19(23)22(17)13-14/h6-10,14,16-18H,11-13H2,1-5H3/t14-,16-,17+,18-/m1/s1. The fourth-order valence-electron chi connectivity index (χ4n) is 3.55. The Hall–Kier alpha value is -0.324. The number of alkyl halides is 1. The first-order valence-corrected chi connectivity index (χ1v) is 14.6. The van der Waals surface area contributed by atoms with Crippen molar-refractivity contribution in [1.82, 2.24) is 4.90 Å². The first kappa shape index (κ1) is 20.4. The minimum atomic E-state index is -1.86. The van der Waals surface area contributed by atoms with Crippen LogP contribution in [-0.2, 0) is 9.22 Å². The third-order valence-corrected chi connectivity index (χ3v) is 13.8. The third kappa shape index (κ3) is 4.23. The van der Waals surface area contributed by atoms with Crippen molar-refractivity contribution in [2.75, 3.05) is 6.54 Å². The summed E-state index contributed by atoms with van der Waals surface area (Å²) in [5, 5.41) is -0.186. The molecule has 3 nitrogen and oxygen atoms in total. The van der Waals surface area contributed by atoms with E-state index in [2.05, 4.69) is 64.2 Å². The Bertz CT molecular complexity index is 649. The number of carbonyl (C=O) groups excluding carboxylic acids is 1. The molecule has 3 rings (SSSR count). The molecule has 6 heteroatoms. The molecule has 26 heavy (non-hydrogen) atoms. The van der Waals surface area contributed by atoms with E-state index >= 15 is 0 Å². The van der Waals surface area contributed by atoms with Crippen LogP contribution in [0, 0.1) is 0 Å². The molecule has 1 aromatic rings. The quantitative estimate of drug-likeness (QED) is 0.507. The number of carbonyl (C=O) groups is 1. The Morgan fingerprint density at radius 1 is 1.19 bits per heavy atom. The van der Waals surface area contributed by atoms with E-state index in [4.69, 9.17) is 16.0 Å². The number of piperidine rings is 1. The van der Waals surface area contributed by atoms with E-state index in [-0.39, 0.29) is 28.5 Å². The normalized spacial score (nSPS) is 29.8. The Labute approximate surface area is 170 Å². The number of fused-ring (bicyclic) bond motifs is 1. The van der Waals surface area contributed by atoms with Gasteiger partial charge in [-0.25, -0.2) is 0 Å². The number of hydrogen-bond acceptors (Lipinski definition) is 2. The van der Waals surface area contributed by atoms with Crippen molar-refractivity contribution in [3.05, 3.63) is 30.3 Å². The van der Waals surface area contributed by atoms with Crippen LogP contribution in [0.4, 0.5) is 0 Å². The van der Waals surface area contributed by atoms with Gasteiger partial charge in [-0.05, 0) is 0 Å². The molecule has 0 unspecified atom stereocenters. The van der Waals surface area contributed by atoms with Crippen molar-refractivity contribution >= 4 is 45.2 Å². The Morgan fingerprint density at radius 3 is 2.46 bits per heavy atom. The van der Waals surface area contributed by atoms with Gasteiger partial charge in [-0.1, -0.05) is 0 Å². The van der Waals surface area contributed by atoms with Crippen molar-refractivity contribution < 1.29 is 9.22 Å². The van der Waals surface area contributed by atoms with Crippen LogP contribution in [0.2, 0.25) is 22.9 Å². The van der Waals surface area contributed by atoms with Gasteiger partial charge in [0.1, 0.15) is 0 Å². The number of halogens is 1. The first-order chi connectivity index (χ1) is 12.1. The van der Waals surface area contributed by atoms with Crippen molar-refractivity contribution in [1.29, 1.82) is 0 Å². The Kier molecular flexibility index (Phi) is 5.96. The van der Waals surface area contributed by atoms with E-state index in [1.165, 1.54) is 4.46 Å². The zero-order chi connectivity index (χ0) is 19.1. The third-order valence-electron chi connectivity index (χ3n) is 6.02. The maximum absolute atomic E-state index is 12.6. The zero-order valence-electron chi connectivity index (χ0n) is 16.4. The summed E-state index contributed by atoms with van der Waals surface area (Å²) in [7, 11) is -1.86. The van der Waals surface area contributed by atoms with E-state index in [1.54, 1.807) is 0 Å². The van der Waals surface area contributed by atoms with E-state index in [0.717, 1.165) is 12.8 Å². The summed E-state index contributed by atoms with van der Waals surface area (Å²) in [6, 6.07) is 11.0. The van der Waals surface area contributed by atoms with Crippen molar-refractivity contribution in [3.63, 3.8) is 0 Å². The first-order valence-electron chi connectivity index (χ1n) is 9.42. The van der Waals surface area contributed by atoms with Crippen molar-refractivity contribution in [2.24, 2.45) is 0 Å². The number of hydrogen-bond donors (Lipinski definition) is 0. The van der Waals surface area contributed by atoms with Gasteiger partial charge in [-0.15, -0.1) is 0 Å². The predicted molar refractivity (Wildman–Crippen MR) is 112 cm³/mol. The molecule has 0 N–H and O–H groups in total. The predicted octanol–water partition coefficient (Wildman–Crippen LogP) is 3.81. The van der Waals surface area contributed by atoms with Crippen LogP contribution in [-0.4, -0.2) is 58.1 Å². The average molecular weight is 459 g/mol. The molecular formula is C20H30ClNO2SeSi. The van der Waals surface area contributed by atoms with Gasteiger partial charge in [0.25, 0.3) is 0 Å². The molecule has 2 heterocycles. The zero-order valence-corrected chi connectivity index (χ0v) is 19.8. The molecule has 4 atom stereocenters. The van der Waals surface area contributed by atoms with E-state index in [9.17, 15) is 4.79 Å². The van der Waals surface area contributed by atoms with Crippen LogP contribution in [0.15, 0.2) is 30.3 Å². The van der Waals surface area contributed by atoms with Crippen LogP contribution in [0.5, 0.6) is 0 Å². The van der Waals surface area contributed by atoms with Crippen molar-refractivity contribution in [3.8, 4) is 0 Å². The molecule has 0 saturated carbocycles. The van der Waals surface area contributed by atoms with Gasteiger partial charge >= 0.3 is 170 Å². The van der Waals surface area contributed by atoms with Gasteiger partial charge in [-0.3, -0.25) is 0 Å². The molecule has 0 radical (unpaired) electrons. The molecule has 2 aliphatic heterocycles. The Balaban J connectivity index is 1.80. The van der Waals surface area contributed by atoms with Crippen LogP contribution >= 0.6 is 11.6 Å². The van der Waals surface area contributed by atoms with Gasteiger partial charge in [0, 0.05) is 0 Å². The second-order valence-corrected chi connectivity index (χ2v) is 17.0. The van der Waals surface area contributed by atoms with Gasteiger partial charge in [0.15, 0.2) is 0 Å². The van der Waals surface area contributed by atoms with Gasteiger partial charge in [-0.2, -0.15) is 0 Å². The van der Waals surface area contributed by atoms with Crippen molar-refractivity contribution in [2.45, 2.75) is 74.1 Å². The van der Waals surface area contributed by atoms with Crippen LogP contribution in [0.25, 0.3) is 0 Å². The fourth-order valence-corrected chi connectivity index (χ4v) is 8.13. The molecule has 0 aromatic heterocycles. The van der Waals surface area contributed by atoms with Crippen LogP contribution in [0.1, 0.15) is 33.6 Å². The molecule has 2 aliphatic rings. The topological polar surface area (TPSA) is 29.5 Å². The molecule has 2 saturated heterocycles. The molecule has 0 aliphatic carbocycles. The Morgan fingerprint density at radius 2 is 1.85 bits per heavy atom. The average Bonchev–Trinajstić information content (AvgIpc) is 2.83. The summed E-state index contributed by atoms with van der Waals surface area (Å²) in [5.41, 5.74) is 0. The summed E-state index contributed by atoms with van der Waals surface area (Å²) in [4.78, 5) is 15.1.